The van der Waals surface area contributed by atoms with E-state index in [1.807, 2.05) is 60.7 Å². The summed E-state index contributed by atoms with van der Waals surface area (Å²) < 4.78 is 12.0. The second-order valence-electron chi connectivity index (χ2n) is 6.85. The Hall–Kier alpha value is -3.02. The molecule has 0 fully saturated rings. The molecule has 2 unspecified atom stereocenters. The van der Waals surface area contributed by atoms with E-state index in [-0.39, 0.29) is 13.2 Å². The average molecular weight is 409 g/mol. The van der Waals surface area contributed by atoms with E-state index in [9.17, 15) is 0 Å². The van der Waals surface area contributed by atoms with E-state index in [2.05, 4.69) is 27.0 Å². The monoisotopic (exact) mass is 408 g/mol. The van der Waals surface area contributed by atoms with Gasteiger partial charge in [-0.05, 0) is 35.0 Å². The summed E-state index contributed by atoms with van der Waals surface area (Å²) in [6.07, 6.45) is 3.35. The minimum Gasteiger partial charge on any atom is -0.352 e. The second kappa shape index (κ2) is 14.0. The Labute approximate surface area is 177 Å². The van der Waals surface area contributed by atoms with Gasteiger partial charge in [0, 0.05) is 9.82 Å². The van der Waals surface area contributed by atoms with E-state index in [1.165, 1.54) is 0 Å². The number of rotatable bonds is 14. The van der Waals surface area contributed by atoms with Crippen molar-refractivity contribution in [2.75, 3.05) is 13.2 Å². The molecule has 0 aromatic heterocycles. The number of ether oxygens (including phenoxy) is 2. The van der Waals surface area contributed by atoms with Crippen molar-refractivity contribution in [3.8, 4) is 0 Å². The van der Waals surface area contributed by atoms with Crippen LogP contribution < -0.4 is 0 Å². The van der Waals surface area contributed by atoms with Crippen LogP contribution in [0.3, 0.4) is 0 Å². The molecule has 0 amide bonds. The maximum absolute atomic E-state index is 8.92. The number of hydrogen-bond acceptors (Lipinski definition) is 4. The molecule has 0 aliphatic rings. The molecule has 0 spiro atoms. The van der Waals surface area contributed by atoms with Crippen molar-refractivity contribution in [1.29, 1.82) is 0 Å². The second-order valence-corrected chi connectivity index (χ2v) is 6.85. The van der Waals surface area contributed by atoms with Gasteiger partial charge in [0.05, 0.1) is 25.3 Å². The molecule has 0 heterocycles. The first-order valence-electron chi connectivity index (χ1n) is 10.2. The topological polar surface area (TPSA) is 116 Å². The van der Waals surface area contributed by atoms with Crippen LogP contribution in [0.2, 0.25) is 0 Å². The Bertz CT molecular complexity index is 755. The van der Waals surface area contributed by atoms with Gasteiger partial charge in [0.1, 0.15) is 0 Å². The predicted octanol–water partition coefficient (Wildman–Crippen LogP) is 7.03. The molecule has 2 atom stereocenters. The highest BCUT2D eigenvalue weighted by atomic mass is 16.7. The van der Waals surface area contributed by atoms with Crippen LogP contribution in [0, 0.1) is 0 Å². The Morgan fingerprint density at radius 2 is 1.23 bits per heavy atom. The first kappa shape index (κ1) is 23.3. The summed E-state index contributed by atoms with van der Waals surface area (Å²) in [5, 5.41) is 7.74. The summed E-state index contributed by atoms with van der Waals surface area (Å²) in [6, 6.07) is 18.2. The van der Waals surface area contributed by atoms with Gasteiger partial charge in [-0.15, -0.1) is 0 Å². The molecule has 8 nitrogen and oxygen atoms in total. The third kappa shape index (κ3) is 8.15. The largest absolute Gasteiger partial charge is 0.352 e. The van der Waals surface area contributed by atoms with Crippen molar-refractivity contribution in [2.45, 2.75) is 51.0 Å². The van der Waals surface area contributed by atoms with Crippen LogP contribution in [0.1, 0.15) is 55.8 Å². The van der Waals surface area contributed by atoms with Gasteiger partial charge in [-0.2, -0.15) is 0 Å². The molecule has 0 bridgehead atoms. The molecule has 0 saturated heterocycles. The smallest absolute Gasteiger partial charge is 0.157 e. The maximum Gasteiger partial charge on any atom is 0.157 e. The lowest BCUT2D eigenvalue weighted by molar-refractivity contribution is -0.152. The van der Waals surface area contributed by atoms with Gasteiger partial charge >= 0.3 is 0 Å². The molecule has 8 heteroatoms. The Balaban J connectivity index is 2.03. The number of nitrogens with zero attached hydrogens (tertiary/aromatic N) is 6. The highest BCUT2D eigenvalue weighted by Gasteiger charge is 2.18. The highest BCUT2D eigenvalue weighted by molar-refractivity contribution is 5.20. The summed E-state index contributed by atoms with van der Waals surface area (Å²) >= 11 is 0. The molecule has 30 heavy (non-hydrogen) atoms. The highest BCUT2D eigenvalue weighted by Crippen LogP contribution is 2.22. The van der Waals surface area contributed by atoms with Crippen LogP contribution in [0.25, 0.3) is 20.9 Å². The van der Waals surface area contributed by atoms with Gasteiger partial charge in [0.2, 0.25) is 0 Å². The fraction of sp³-hybridized carbons (Fsp3) is 0.455. The molecule has 0 saturated carbocycles. The first-order valence-corrected chi connectivity index (χ1v) is 10.2. The van der Waals surface area contributed by atoms with E-state index in [0.717, 1.165) is 30.4 Å². The van der Waals surface area contributed by atoms with Gasteiger partial charge in [0.25, 0.3) is 0 Å². The van der Waals surface area contributed by atoms with Crippen LogP contribution in [0.5, 0.6) is 0 Å². The number of unbranched alkanes of at least 4 members (excludes halogenated alkanes) is 2. The summed E-state index contributed by atoms with van der Waals surface area (Å²) in [7, 11) is 0. The quantitative estimate of drug-likeness (QED) is 0.110. The van der Waals surface area contributed by atoms with Crippen molar-refractivity contribution in [3.63, 3.8) is 0 Å². The molecule has 158 valence electrons. The molecule has 0 radical (unpaired) electrons. The molecule has 2 aromatic carbocycles. The third-order valence-corrected chi connectivity index (χ3v) is 4.67. The van der Waals surface area contributed by atoms with Crippen molar-refractivity contribution < 1.29 is 9.47 Å². The van der Waals surface area contributed by atoms with Gasteiger partial charge in [-0.3, -0.25) is 0 Å². The first-order chi connectivity index (χ1) is 14.8. The lowest BCUT2D eigenvalue weighted by atomic mass is 10.1. The van der Waals surface area contributed by atoms with Crippen molar-refractivity contribution in [1.82, 2.24) is 0 Å². The van der Waals surface area contributed by atoms with Crippen molar-refractivity contribution in [2.24, 2.45) is 10.2 Å². The summed E-state index contributed by atoms with van der Waals surface area (Å²) in [5.41, 5.74) is 19.6. The number of benzene rings is 2. The molecule has 0 N–H and O–H groups in total. The molecular weight excluding hydrogens is 380 g/mol. The lowest BCUT2D eigenvalue weighted by Gasteiger charge is -2.23. The zero-order chi connectivity index (χ0) is 21.4. The van der Waals surface area contributed by atoms with E-state index in [1.54, 1.807) is 0 Å². The van der Waals surface area contributed by atoms with E-state index in [4.69, 9.17) is 20.5 Å². The average Bonchev–Trinajstić information content (AvgIpc) is 2.80. The van der Waals surface area contributed by atoms with Crippen LogP contribution in [-0.2, 0) is 9.47 Å². The van der Waals surface area contributed by atoms with Crippen LogP contribution in [-0.4, -0.2) is 19.5 Å². The molecular formula is C22H28N6O2. The lowest BCUT2D eigenvalue weighted by Crippen LogP contribution is -2.22. The summed E-state index contributed by atoms with van der Waals surface area (Å²) in [6.45, 7) is 2.56. The van der Waals surface area contributed by atoms with Gasteiger partial charge in [0.15, 0.2) is 6.29 Å². The van der Waals surface area contributed by atoms with Crippen LogP contribution in [0.15, 0.2) is 70.9 Å². The van der Waals surface area contributed by atoms with E-state index >= 15 is 0 Å². The Kier molecular flexibility index (Phi) is 10.9. The van der Waals surface area contributed by atoms with Gasteiger partial charge < -0.3 is 9.47 Å². The van der Waals surface area contributed by atoms with E-state index < -0.39 is 18.4 Å². The molecule has 2 rings (SSSR count). The predicted molar refractivity (Wildman–Crippen MR) is 116 cm³/mol. The maximum atomic E-state index is 8.92. The third-order valence-electron chi connectivity index (χ3n) is 4.67. The van der Waals surface area contributed by atoms with E-state index in [0.29, 0.717) is 6.42 Å². The fourth-order valence-corrected chi connectivity index (χ4v) is 3.04. The normalized spacial score (nSPS) is 13.5. The zero-order valence-corrected chi connectivity index (χ0v) is 17.2. The molecule has 0 aliphatic carbocycles. The number of azide groups is 2. The number of hydrogen-bond donors (Lipinski definition) is 0. The van der Waals surface area contributed by atoms with Crippen LogP contribution >= 0.6 is 0 Å². The molecule has 0 aliphatic heterocycles. The standard InChI is InChI=1S/C22H28N6O2/c1-2-3-6-15-22(29-16-20(25-27-23)18-11-7-4-8-12-18)30-17-21(26-28-24)19-13-9-5-10-14-19/h4-5,7-14,20-22H,2-3,6,15-17H2,1H3. The zero-order valence-electron chi connectivity index (χ0n) is 17.2. The summed E-state index contributed by atoms with van der Waals surface area (Å²) in [5.74, 6) is 0. The van der Waals surface area contributed by atoms with Gasteiger partial charge in [-0.1, -0.05) is 90.7 Å². The SMILES string of the molecule is CCCCCC(OCC(N=[N+]=[N-])c1ccccc1)OCC(N=[N+]=[N-])c1ccccc1. The minimum absolute atomic E-state index is 0.211. The van der Waals surface area contributed by atoms with Crippen molar-refractivity contribution >= 4 is 0 Å². The Morgan fingerprint density at radius 1 is 0.767 bits per heavy atom. The Morgan fingerprint density at radius 3 is 1.63 bits per heavy atom. The van der Waals surface area contributed by atoms with Crippen LogP contribution in [0.4, 0.5) is 0 Å². The fourth-order valence-electron chi connectivity index (χ4n) is 3.04. The molecule has 2 aromatic rings. The minimum atomic E-state index is -0.475. The summed E-state index contributed by atoms with van der Waals surface area (Å²) in [4.78, 5) is 5.91. The van der Waals surface area contributed by atoms with Gasteiger partial charge in [-0.25, -0.2) is 0 Å². The van der Waals surface area contributed by atoms with Crippen molar-refractivity contribution in [3.05, 3.63) is 92.7 Å².